The van der Waals surface area contributed by atoms with Crippen molar-refractivity contribution in [1.29, 1.82) is 0 Å². The molecule has 2 heterocycles. The van der Waals surface area contributed by atoms with E-state index in [1.54, 1.807) is 7.11 Å². The lowest BCUT2D eigenvalue weighted by Crippen LogP contribution is -1.89. The van der Waals surface area contributed by atoms with Gasteiger partial charge in [0.05, 0.1) is 12.3 Å². The fourth-order valence-corrected chi connectivity index (χ4v) is 2.26. The van der Waals surface area contributed by atoms with Crippen LogP contribution in [0.3, 0.4) is 0 Å². The Morgan fingerprint density at radius 2 is 2.10 bits per heavy atom. The van der Waals surface area contributed by atoms with Crippen molar-refractivity contribution in [3.63, 3.8) is 0 Å². The third-order valence-corrected chi connectivity index (χ3v) is 3.28. The van der Waals surface area contributed by atoms with Crippen LogP contribution in [0.4, 0.5) is 5.69 Å². The number of anilines is 1. The van der Waals surface area contributed by atoms with Crippen LogP contribution in [0, 0.1) is 0 Å². The summed E-state index contributed by atoms with van der Waals surface area (Å²) in [5.74, 6) is 0. The molecule has 1 N–H and O–H groups in total. The number of rotatable bonds is 4. The predicted molar refractivity (Wildman–Crippen MR) is 88.1 cm³/mol. The summed E-state index contributed by atoms with van der Waals surface area (Å²) >= 11 is 0. The molecule has 0 aliphatic rings. The van der Waals surface area contributed by atoms with Crippen LogP contribution >= 0.6 is 12.4 Å². The maximum Gasteiger partial charge on any atom is 0.139 e. The van der Waals surface area contributed by atoms with E-state index in [1.165, 1.54) is 0 Å². The Labute approximate surface area is 130 Å². The van der Waals surface area contributed by atoms with Crippen molar-refractivity contribution in [3.8, 4) is 11.3 Å². The zero-order valence-corrected chi connectivity index (χ0v) is 12.9. The van der Waals surface area contributed by atoms with E-state index < -0.39 is 0 Å². The molecule has 0 saturated heterocycles. The first-order valence-electron chi connectivity index (χ1n) is 6.55. The van der Waals surface area contributed by atoms with Gasteiger partial charge in [-0.1, -0.05) is 18.2 Å². The van der Waals surface area contributed by atoms with Crippen LogP contribution in [0.1, 0.15) is 5.56 Å². The van der Waals surface area contributed by atoms with Crippen molar-refractivity contribution in [1.82, 2.24) is 9.38 Å². The van der Waals surface area contributed by atoms with Crippen molar-refractivity contribution >= 4 is 23.7 Å². The van der Waals surface area contributed by atoms with E-state index in [4.69, 9.17) is 4.74 Å². The van der Waals surface area contributed by atoms with Gasteiger partial charge in [-0.2, -0.15) is 0 Å². The highest BCUT2D eigenvalue weighted by Gasteiger charge is 2.05. The Morgan fingerprint density at radius 1 is 1.24 bits per heavy atom. The average molecular weight is 304 g/mol. The second-order valence-corrected chi connectivity index (χ2v) is 4.69. The van der Waals surface area contributed by atoms with Crippen LogP contribution in [0.2, 0.25) is 0 Å². The molecule has 21 heavy (non-hydrogen) atoms. The van der Waals surface area contributed by atoms with Crippen LogP contribution in [0.5, 0.6) is 0 Å². The van der Waals surface area contributed by atoms with E-state index in [0.717, 1.165) is 28.2 Å². The van der Waals surface area contributed by atoms with Crippen LogP contribution in [-0.4, -0.2) is 23.5 Å². The van der Waals surface area contributed by atoms with Crippen molar-refractivity contribution in [2.45, 2.75) is 6.61 Å². The standard InChI is InChI=1S/C16H17N3O.ClH/c1-17-14-6-7-19-10-15(18-16(19)9-14)13-5-3-4-12(8-13)11-20-2;/h3-10,17H,11H2,1-2H3;1H. The Bertz CT molecular complexity index is 739. The Hall–Kier alpha value is -2.04. The lowest BCUT2D eigenvalue weighted by Gasteiger charge is -2.01. The Kier molecular flexibility index (Phi) is 4.83. The van der Waals surface area contributed by atoms with Crippen LogP contribution in [0.25, 0.3) is 16.9 Å². The first-order chi connectivity index (χ1) is 9.80. The molecule has 0 atom stereocenters. The number of halogens is 1. The van der Waals surface area contributed by atoms with Crippen molar-refractivity contribution < 1.29 is 4.74 Å². The maximum absolute atomic E-state index is 5.17. The number of nitrogens with zero attached hydrogens (tertiary/aromatic N) is 2. The molecular formula is C16H18ClN3O. The molecule has 2 aromatic heterocycles. The highest BCUT2D eigenvalue weighted by molar-refractivity contribution is 5.85. The van der Waals surface area contributed by atoms with Gasteiger partial charge < -0.3 is 14.5 Å². The average Bonchev–Trinajstić information content (AvgIpc) is 2.90. The van der Waals surface area contributed by atoms with Gasteiger partial charge in [-0.15, -0.1) is 12.4 Å². The topological polar surface area (TPSA) is 38.6 Å². The molecule has 0 unspecified atom stereocenters. The van der Waals surface area contributed by atoms with E-state index >= 15 is 0 Å². The molecule has 0 fully saturated rings. The number of fused-ring (bicyclic) bond motifs is 1. The van der Waals surface area contributed by atoms with E-state index in [9.17, 15) is 0 Å². The van der Waals surface area contributed by atoms with E-state index in [2.05, 4.69) is 28.5 Å². The molecule has 1 aromatic carbocycles. The summed E-state index contributed by atoms with van der Waals surface area (Å²) in [4.78, 5) is 4.67. The number of imidazole rings is 1. The van der Waals surface area contributed by atoms with Gasteiger partial charge in [-0.05, 0) is 17.7 Å². The van der Waals surface area contributed by atoms with Gasteiger partial charge in [0.1, 0.15) is 5.65 Å². The zero-order valence-electron chi connectivity index (χ0n) is 12.0. The summed E-state index contributed by atoms with van der Waals surface area (Å²) in [6, 6.07) is 12.3. The summed E-state index contributed by atoms with van der Waals surface area (Å²) in [5, 5.41) is 3.12. The lowest BCUT2D eigenvalue weighted by molar-refractivity contribution is 0.185. The van der Waals surface area contributed by atoms with Crippen LogP contribution in [0.15, 0.2) is 48.8 Å². The highest BCUT2D eigenvalue weighted by atomic mass is 35.5. The molecule has 0 amide bonds. The van der Waals surface area contributed by atoms with E-state index in [-0.39, 0.29) is 12.4 Å². The van der Waals surface area contributed by atoms with Crippen LogP contribution in [-0.2, 0) is 11.3 Å². The number of methoxy groups -OCH3 is 1. The molecule has 0 spiro atoms. The molecule has 4 nitrogen and oxygen atoms in total. The molecule has 3 rings (SSSR count). The van der Waals surface area contributed by atoms with Crippen LogP contribution < -0.4 is 5.32 Å². The molecule has 0 bridgehead atoms. The van der Waals surface area contributed by atoms with Gasteiger partial charge >= 0.3 is 0 Å². The van der Waals surface area contributed by atoms with Gasteiger partial charge in [0.25, 0.3) is 0 Å². The third kappa shape index (κ3) is 3.17. The number of pyridine rings is 1. The monoisotopic (exact) mass is 303 g/mol. The number of hydrogen-bond acceptors (Lipinski definition) is 3. The second kappa shape index (κ2) is 6.61. The Morgan fingerprint density at radius 3 is 2.86 bits per heavy atom. The molecule has 0 radical (unpaired) electrons. The number of benzene rings is 1. The van der Waals surface area contributed by atoms with Crippen molar-refractivity contribution in [2.75, 3.05) is 19.5 Å². The Balaban J connectivity index is 0.00000161. The summed E-state index contributed by atoms with van der Waals surface area (Å²) in [6.07, 6.45) is 4.05. The SMILES string of the molecule is CNc1ccn2cc(-c3cccc(COC)c3)nc2c1.Cl. The molecular weight excluding hydrogens is 286 g/mol. The zero-order chi connectivity index (χ0) is 13.9. The minimum Gasteiger partial charge on any atom is -0.388 e. The van der Waals surface area contributed by atoms with Gasteiger partial charge in [-0.25, -0.2) is 4.98 Å². The normalized spacial score (nSPS) is 10.4. The van der Waals surface area contributed by atoms with Gasteiger partial charge in [0, 0.05) is 43.9 Å². The first-order valence-corrected chi connectivity index (χ1v) is 6.55. The number of nitrogens with one attached hydrogen (secondary N) is 1. The van der Waals surface area contributed by atoms with Crippen molar-refractivity contribution in [3.05, 3.63) is 54.4 Å². The van der Waals surface area contributed by atoms with Crippen molar-refractivity contribution in [2.24, 2.45) is 0 Å². The summed E-state index contributed by atoms with van der Waals surface area (Å²) < 4.78 is 7.20. The molecule has 110 valence electrons. The largest absolute Gasteiger partial charge is 0.388 e. The number of ether oxygens (including phenoxy) is 1. The smallest absolute Gasteiger partial charge is 0.139 e. The highest BCUT2D eigenvalue weighted by Crippen LogP contribution is 2.22. The molecule has 3 aromatic rings. The first kappa shape index (κ1) is 15.4. The lowest BCUT2D eigenvalue weighted by atomic mass is 10.1. The maximum atomic E-state index is 5.17. The summed E-state index contributed by atoms with van der Waals surface area (Å²) in [6.45, 7) is 0.616. The molecule has 0 saturated carbocycles. The quantitative estimate of drug-likeness (QED) is 0.800. The van der Waals surface area contributed by atoms with E-state index in [0.29, 0.717) is 6.61 Å². The van der Waals surface area contributed by atoms with Gasteiger partial charge in [-0.3, -0.25) is 0 Å². The van der Waals surface area contributed by atoms with Gasteiger partial charge in [0.15, 0.2) is 0 Å². The third-order valence-electron chi connectivity index (χ3n) is 3.28. The summed E-state index contributed by atoms with van der Waals surface area (Å²) in [5.41, 5.74) is 5.22. The molecule has 0 aliphatic carbocycles. The fourth-order valence-electron chi connectivity index (χ4n) is 2.26. The minimum atomic E-state index is 0. The summed E-state index contributed by atoms with van der Waals surface area (Å²) in [7, 11) is 3.61. The molecule has 0 aliphatic heterocycles. The van der Waals surface area contributed by atoms with Gasteiger partial charge in [0.2, 0.25) is 0 Å². The minimum absolute atomic E-state index is 0. The molecule has 5 heteroatoms. The predicted octanol–water partition coefficient (Wildman–Crippen LogP) is 3.61. The second-order valence-electron chi connectivity index (χ2n) is 4.69. The number of hydrogen-bond donors (Lipinski definition) is 1. The fraction of sp³-hybridized carbons (Fsp3) is 0.188. The van der Waals surface area contributed by atoms with E-state index in [1.807, 2.05) is 42.0 Å². The number of aromatic nitrogens is 2.